The Morgan fingerprint density at radius 3 is 2.42 bits per heavy atom. The molecule has 0 radical (unpaired) electrons. The smallest absolute Gasteiger partial charge is 0.00403 e. The molecule has 2 aliphatic rings. The van der Waals surface area contributed by atoms with E-state index >= 15 is 0 Å². The van der Waals surface area contributed by atoms with Crippen LogP contribution >= 0.6 is 0 Å². The third-order valence-corrected chi connectivity index (χ3v) is 2.96. The highest BCUT2D eigenvalue weighted by molar-refractivity contribution is 5.36. The molecule has 0 unspecified atom stereocenters. The van der Waals surface area contributed by atoms with Crippen LogP contribution in [0.1, 0.15) is 33.1 Å². The molecule has 0 fully saturated rings. The topological polar surface area (TPSA) is 0 Å². The lowest BCUT2D eigenvalue weighted by Gasteiger charge is -2.32. The van der Waals surface area contributed by atoms with Crippen LogP contribution in [0.2, 0.25) is 0 Å². The molecule has 0 nitrogen and oxygen atoms in total. The molecule has 0 amide bonds. The Morgan fingerprint density at radius 1 is 1.00 bits per heavy atom. The fraction of sp³-hybridized carbons (Fsp3) is 0.500. The second kappa shape index (κ2) is 2.62. The summed E-state index contributed by atoms with van der Waals surface area (Å²) < 4.78 is 0. The van der Waals surface area contributed by atoms with Gasteiger partial charge in [-0.1, -0.05) is 49.3 Å². The van der Waals surface area contributed by atoms with E-state index in [0.29, 0.717) is 5.41 Å². The molecule has 0 heteroatoms. The van der Waals surface area contributed by atoms with E-state index in [1.165, 1.54) is 19.3 Å². The zero-order valence-corrected chi connectivity index (χ0v) is 7.93. The molecule has 0 saturated carbocycles. The van der Waals surface area contributed by atoms with Crippen LogP contribution in [0.25, 0.3) is 0 Å². The van der Waals surface area contributed by atoms with Gasteiger partial charge in [-0.25, -0.2) is 0 Å². The van der Waals surface area contributed by atoms with Crippen LogP contribution in [0.15, 0.2) is 35.5 Å². The Hall–Kier alpha value is -0.780. The Labute approximate surface area is 74.7 Å². The van der Waals surface area contributed by atoms with E-state index in [1.807, 2.05) is 0 Å². The monoisotopic (exact) mass is 160 g/mol. The van der Waals surface area contributed by atoms with Crippen molar-refractivity contribution in [2.45, 2.75) is 33.1 Å². The van der Waals surface area contributed by atoms with E-state index in [2.05, 4.69) is 38.2 Å². The van der Waals surface area contributed by atoms with Gasteiger partial charge in [0.25, 0.3) is 0 Å². The van der Waals surface area contributed by atoms with Gasteiger partial charge in [-0.05, 0) is 19.3 Å². The summed E-state index contributed by atoms with van der Waals surface area (Å²) in [5.74, 6) is 0. The number of hydrogen-bond donors (Lipinski definition) is 0. The van der Waals surface area contributed by atoms with Gasteiger partial charge in [0.1, 0.15) is 0 Å². The summed E-state index contributed by atoms with van der Waals surface area (Å²) in [7, 11) is 0. The summed E-state index contributed by atoms with van der Waals surface area (Å²) in [6.45, 7) is 4.63. The fourth-order valence-electron chi connectivity index (χ4n) is 2.22. The number of allylic oxidation sites excluding steroid dienone is 6. The molecule has 0 saturated heterocycles. The molecule has 2 rings (SSSR count). The highest BCUT2D eigenvalue weighted by Gasteiger charge is 2.25. The van der Waals surface area contributed by atoms with E-state index < -0.39 is 0 Å². The first-order valence-corrected chi connectivity index (χ1v) is 4.74. The number of rotatable bonds is 0. The van der Waals surface area contributed by atoms with Crippen molar-refractivity contribution in [3.63, 3.8) is 0 Å². The minimum absolute atomic E-state index is 0.318. The first-order chi connectivity index (χ1) is 5.70. The Balaban J connectivity index is 2.35. The Kier molecular flexibility index (Phi) is 1.71. The SMILES string of the molecule is CC1(C)C=CCC2=C1CC=CC2. The van der Waals surface area contributed by atoms with E-state index in [4.69, 9.17) is 0 Å². The second-order valence-electron chi connectivity index (χ2n) is 4.29. The van der Waals surface area contributed by atoms with Crippen molar-refractivity contribution in [2.75, 3.05) is 0 Å². The van der Waals surface area contributed by atoms with Crippen molar-refractivity contribution >= 4 is 0 Å². The summed E-state index contributed by atoms with van der Waals surface area (Å²) in [6, 6.07) is 0. The summed E-state index contributed by atoms with van der Waals surface area (Å²) in [5.41, 5.74) is 3.63. The maximum atomic E-state index is 2.35. The van der Waals surface area contributed by atoms with E-state index in [1.54, 1.807) is 11.1 Å². The van der Waals surface area contributed by atoms with Gasteiger partial charge in [0, 0.05) is 5.41 Å². The highest BCUT2D eigenvalue weighted by Crippen LogP contribution is 2.40. The quantitative estimate of drug-likeness (QED) is 0.475. The first kappa shape index (κ1) is 7.85. The molecule has 0 N–H and O–H groups in total. The van der Waals surface area contributed by atoms with E-state index in [9.17, 15) is 0 Å². The lowest BCUT2D eigenvalue weighted by molar-refractivity contribution is 0.540. The van der Waals surface area contributed by atoms with Crippen LogP contribution in [0, 0.1) is 5.41 Å². The van der Waals surface area contributed by atoms with Crippen LogP contribution < -0.4 is 0 Å². The van der Waals surface area contributed by atoms with Gasteiger partial charge < -0.3 is 0 Å². The molecule has 12 heavy (non-hydrogen) atoms. The van der Waals surface area contributed by atoms with Gasteiger partial charge in [-0.3, -0.25) is 0 Å². The van der Waals surface area contributed by atoms with Crippen LogP contribution in [-0.2, 0) is 0 Å². The summed E-state index contributed by atoms with van der Waals surface area (Å²) in [5, 5.41) is 0. The average Bonchev–Trinajstić information content (AvgIpc) is 2.04. The summed E-state index contributed by atoms with van der Waals surface area (Å²) in [4.78, 5) is 0. The third kappa shape index (κ3) is 1.16. The first-order valence-electron chi connectivity index (χ1n) is 4.74. The van der Waals surface area contributed by atoms with E-state index in [0.717, 1.165) is 0 Å². The van der Waals surface area contributed by atoms with Gasteiger partial charge in [0.05, 0.1) is 0 Å². The molecule has 0 heterocycles. The van der Waals surface area contributed by atoms with Gasteiger partial charge in [-0.15, -0.1) is 0 Å². The molecule has 0 aliphatic heterocycles. The predicted molar refractivity (Wildman–Crippen MR) is 52.9 cm³/mol. The number of hydrogen-bond acceptors (Lipinski definition) is 0. The van der Waals surface area contributed by atoms with Gasteiger partial charge >= 0.3 is 0 Å². The Morgan fingerprint density at radius 2 is 1.67 bits per heavy atom. The molecule has 0 aromatic rings. The lowest BCUT2D eigenvalue weighted by Crippen LogP contribution is -2.17. The van der Waals surface area contributed by atoms with Gasteiger partial charge in [0.2, 0.25) is 0 Å². The second-order valence-corrected chi connectivity index (χ2v) is 4.29. The zero-order chi connectivity index (χ0) is 8.60. The Bertz CT molecular complexity index is 270. The molecule has 0 atom stereocenters. The predicted octanol–water partition coefficient (Wildman–Crippen LogP) is 3.62. The van der Waals surface area contributed by atoms with Crippen molar-refractivity contribution in [3.8, 4) is 0 Å². The van der Waals surface area contributed by atoms with E-state index in [-0.39, 0.29) is 0 Å². The van der Waals surface area contributed by atoms with Crippen molar-refractivity contribution < 1.29 is 0 Å². The van der Waals surface area contributed by atoms with Gasteiger partial charge in [0.15, 0.2) is 0 Å². The van der Waals surface area contributed by atoms with Gasteiger partial charge in [-0.2, -0.15) is 0 Å². The van der Waals surface area contributed by atoms with Crippen molar-refractivity contribution in [3.05, 3.63) is 35.5 Å². The highest BCUT2D eigenvalue weighted by atomic mass is 14.3. The zero-order valence-electron chi connectivity index (χ0n) is 7.93. The summed E-state index contributed by atoms with van der Waals surface area (Å²) in [6.07, 6.45) is 12.8. The molecule has 64 valence electrons. The van der Waals surface area contributed by atoms with Crippen LogP contribution in [0.3, 0.4) is 0 Å². The molecular weight excluding hydrogens is 144 g/mol. The van der Waals surface area contributed by atoms with Crippen LogP contribution in [0.5, 0.6) is 0 Å². The standard InChI is InChI=1S/C12H16/c1-12(2)9-5-7-10-6-3-4-8-11(10)12/h3-5,9H,6-8H2,1-2H3. The molecule has 0 bridgehead atoms. The molecule has 0 aromatic carbocycles. The lowest BCUT2D eigenvalue weighted by atomic mass is 9.73. The average molecular weight is 160 g/mol. The molecule has 0 spiro atoms. The van der Waals surface area contributed by atoms with Crippen LogP contribution in [-0.4, -0.2) is 0 Å². The largest absolute Gasteiger partial charge is 0.0841 e. The molecular formula is C12H16. The maximum absolute atomic E-state index is 2.35. The minimum atomic E-state index is 0.318. The normalized spacial score (nSPS) is 25.8. The van der Waals surface area contributed by atoms with Crippen LogP contribution in [0.4, 0.5) is 0 Å². The van der Waals surface area contributed by atoms with Crippen molar-refractivity contribution in [1.29, 1.82) is 0 Å². The maximum Gasteiger partial charge on any atom is 0.00403 e. The summed E-state index contributed by atoms with van der Waals surface area (Å²) >= 11 is 0. The fourth-order valence-corrected chi connectivity index (χ4v) is 2.22. The third-order valence-electron chi connectivity index (χ3n) is 2.96. The van der Waals surface area contributed by atoms with Crippen molar-refractivity contribution in [2.24, 2.45) is 5.41 Å². The van der Waals surface area contributed by atoms with Crippen molar-refractivity contribution in [1.82, 2.24) is 0 Å². The minimum Gasteiger partial charge on any atom is -0.0841 e. The molecule has 0 aromatic heterocycles. The molecule has 2 aliphatic carbocycles.